The summed E-state index contributed by atoms with van der Waals surface area (Å²) in [5, 5.41) is 0. The van der Waals surface area contributed by atoms with Gasteiger partial charge in [-0.05, 0) is 30.7 Å². The minimum Gasteiger partial charge on any atom is -0.378 e. The second-order valence-corrected chi connectivity index (χ2v) is 6.86. The summed E-state index contributed by atoms with van der Waals surface area (Å²) in [4.78, 5) is 27.6. The lowest BCUT2D eigenvalue weighted by atomic mass is 10.1. The summed E-state index contributed by atoms with van der Waals surface area (Å²) in [5.74, 6) is -1.61. The van der Waals surface area contributed by atoms with E-state index in [0.29, 0.717) is 31.9 Å². The zero-order chi connectivity index (χ0) is 21.0. The number of morpholine rings is 1. The number of halogens is 2. The molecule has 8 heteroatoms. The Balaban J connectivity index is 1.94. The van der Waals surface area contributed by atoms with Crippen molar-refractivity contribution < 1.29 is 23.1 Å². The fourth-order valence-corrected chi connectivity index (χ4v) is 3.15. The monoisotopic (exact) mass is 403 g/mol. The first kappa shape index (κ1) is 20.9. The summed E-state index contributed by atoms with van der Waals surface area (Å²) < 4.78 is 34.6. The number of ketones is 1. The number of rotatable bonds is 5. The number of nitrogens with zero attached hydrogens (tertiary/aromatic N) is 2. The largest absolute Gasteiger partial charge is 0.378 e. The van der Waals surface area contributed by atoms with Crippen LogP contribution < -0.4 is 10.6 Å². The fraction of sp³-hybridized carbons (Fsp3) is 0.333. The van der Waals surface area contributed by atoms with E-state index in [-0.39, 0.29) is 35.7 Å². The predicted molar refractivity (Wildman–Crippen MR) is 105 cm³/mol. The number of urea groups is 1. The van der Waals surface area contributed by atoms with E-state index in [4.69, 9.17) is 10.5 Å². The van der Waals surface area contributed by atoms with E-state index in [9.17, 15) is 18.4 Å². The van der Waals surface area contributed by atoms with Crippen LogP contribution in [0.2, 0.25) is 0 Å². The molecule has 0 radical (unpaired) electrons. The van der Waals surface area contributed by atoms with Crippen molar-refractivity contribution >= 4 is 17.5 Å². The van der Waals surface area contributed by atoms with Crippen molar-refractivity contribution in [3.05, 3.63) is 64.7 Å². The van der Waals surface area contributed by atoms with Gasteiger partial charge < -0.3 is 15.4 Å². The van der Waals surface area contributed by atoms with Crippen molar-refractivity contribution in [2.75, 3.05) is 37.7 Å². The number of nitrogens with two attached hydrogens (primary N) is 1. The lowest BCUT2D eigenvalue weighted by Crippen LogP contribution is -2.48. The number of benzene rings is 2. The smallest absolute Gasteiger partial charge is 0.325 e. The van der Waals surface area contributed by atoms with Gasteiger partial charge in [0.1, 0.15) is 11.6 Å². The SMILES string of the molecule is Cc1ccc(N(Cc2ccc(C(=O)CN)cc2F)C(=O)N2CCOCC2)c(F)c1. The molecule has 0 spiro atoms. The Morgan fingerprint density at radius 2 is 1.83 bits per heavy atom. The standard InChI is InChI=1S/C21H23F2N3O3/c1-14-2-5-19(18(23)10-14)26(21(28)25-6-8-29-9-7-25)13-16-4-3-15(11-17(16)22)20(27)12-24/h2-5,10-11H,6-9,12-13,24H2,1H3. The molecule has 1 aliphatic rings. The highest BCUT2D eigenvalue weighted by molar-refractivity contribution is 5.97. The zero-order valence-electron chi connectivity index (χ0n) is 16.2. The molecule has 1 heterocycles. The molecule has 1 aliphatic heterocycles. The molecule has 2 aromatic carbocycles. The highest BCUT2D eigenvalue weighted by atomic mass is 19.1. The molecule has 154 valence electrons. The molecule has 1 saturated heterocycles. The van der Waals surface area contributed by atoms with Crippen LogP contribution >= 0.6 is 0 Å². The van der Waals surface area contributed by atoms with Crippen LogP contribution in [-0.4, -0.2) is 49.6 Å². The molecule has 2 aromatic rings. The summed E-state index contributed by atoms with van der Waals surface area (Å²) in [5.41, 5.74) is 6.41. The maximum atomic E-state index is 14.7. The number of aryl methyl sites for hydroxylation is 1. The molecule has 2 N–H and O–H groups in total. The highest BCUT2D eigenvalue weighted by Gasteiger charge is 2.27. The second kappa shape index (κ2) is 9.11. The van der Waals surface area contributed by atoms with Crippen molar-refractivity contribution in [3.8, 4) is 0 Å². The summed E-state index contributed by atoms with van der Waals surface area (Å²) >= 11 is 0. The van der Waals surface area contributed by atoms with Gasteiger partial charge in [-0.3, -0.25) is 9.69 Å². The lowest BCUT2D eigenvalue weighted by molar-refractivity contribution is 0.0547. The Hall–Kier alpha value is -2.84. The molecule has 3 rings (SSSR count). The first-order valence-corrected chi connectivity index (χ1v) is 9.32. The van der Waals surface area contributed by atoms with Crippen molar-refractivity contribution in [1.82, 2.24) is 4.90 Å². The average Bonchev–Trinajstić information content (AvgIpc) is 2.73. The summed E-state index contributed by atoms with van der Waals surface area (Å²) in [6, 6.07) is 8.06. The van der Waals surface area contributed by atoms with Gasteiger partial charge in [-0.1, -0.05) is 18.2 Å². The number of anilines is 1. The molecule has 0 atom stereocenters. The first-order valence-electron chi connectivity index (χ1n) is 9.32. The molecule has 6 nitrogen and oxygen atoms in total. The summed E-state index contributed by atoms with van der Waals surface area (Å²) in [7, 11) is 0. The molecule has 0 aromatic heterocycles. The van der Waals surface area contributed by atoms with Gasteiger partial charge in [0.25, 0.3) is 0 Å². The number of carbonyl (C=O) groups excluding carboxylic acids is 2. The number of ether oxygens (including phenoxy) is 1. The Kier molecular flexibility index (Phi) is 6.56. The lowest BCUT2D eigenvalue weighted by Gasteiger charge is -2.33. The van der Waals surface area contributed by atoms with Crippen LogP contribution in [0.5, 0.6) is 0 Å². The summed E-state index contributed by atoms with van der Waals surface area (Å²) in [6.45, 7) is 2.85. The molecule has 0 saturated carbocycles. The van der Waals surface area contributed by atoms with Gasteiger partial charge in [-0.25, -0.2) is 13.6 Å². The van der Waals surface area contributed by atoms with Crippen LogP contribution in [0.4, 0.5) is 19.3 Å². The quantitative estimate of drug-likeness (QED) is 0.779. The van der Waals surface area contributed by atoms with Gasteiger partial charge in [0.15, 0.2) is 5.78 Å². The number of amides is 2. The number of Topliss-reactive ketones (excluding diaryl/α,β-unsaturated/α-hetero) is 1. The first-order chi connectivity index (χ1) is 13.9. The Morgan fingerprint density at radius 1 is 1.10 bits per heavy atom. The zero-order valence-corrected chi connectivity index (χ0v) is 16.2. The van der Waals surface area contributed by atoms with E-state index in [0.717, 1.165) is 6.07 Å². The van der Waals surface area contributed by atoms with Crippen LogP contribution in [-0.2, 0) is 11.3 Å². The number of carbonyl (C=O) groups is 2. The number of hydrogen-bond donors (Lipinski definition) is 1. The molecule has 0 aliphatic carbocycles. The maximum absolute atomic E-state index is 14.7. The van der Waals surface area contributed by atoms with Crippen molar-refractivity contribution in [3.63, 3.8) is 0 Å². The molecular formula is C21H23F2N3O3. The minimum atomic E-state index is -0.656. The maximum Gasteiger partial charge on any atom is 0.325 e. The van der Waals surface area contributed by atoms with Crippen LogP contribution in [0, 0.1) is 18.6 Å². The third-order valence-corrected chi connectivity index (χ3v) is 4.80. The third kappa shape index (κ3) is 4.78. The van der Waals surface area contributed by atoms with Crippen LogP contribution in [0.1, 0.15) is 21.5 Å². The minimum absolute atomic E-state index is 0.0635. The van der Waals surface area contributed by atoms with E-state index < -0.39 is 17.7 Å². The Labute approximate surface area is 167 Å². The topological polar surface area (TPSA) is 75.9 Å². The van der Waals surface area contributed by atoms with Gasteiger partial charge >= 0.3 is 6.03 Å². The van der Waals surface area contributed by atoms with Crippen LogP contribution in [0.3, 0.4) is 0 Å². The molecule has 1 fully saturated rings. The van der Waals surface area contributed by atoms with Crippen LogP contribution in [0.25, 0.3) is 0 Å². The van der Waals surface area contributed by atoms with E-state index in [2.05, 4.69) is 0 Å². The predicted octanol–water partition coefficient (Wildman–Crippen LogP) is 2.87. The second-order valence-electron chi connectivity index (χ2n) is 6.86. The van der Waals surface area contributed by atoms with Gasteiger partial charge in [-0.2, -0.15) is 0 Å². The van der Waals surface area contributed by atoms with Crippen molar-refractivity contribution in [2.45, 2.75) is 13.5 Å². The van der Waals surface area contributed by atoms with Gasteiger partial charge in [-0.15, -0.1) is 0 Å². The van der Waals surface area contributed by atoms with Gasteiger partial charge in [0, 0.05) is 24.2 Å². The Morgan fingerprint density at radius 3 is 2.45 bits per heavy atom. The normalized spacial score (nSPS) is 14.0. The van der Waals surface area contributed by atoms with Gasteiger partial charge in [0.2, 0.25) is 0 Å². The summed E-state index contributed by atoms with van der Waals surface area (Å²) in [6.07, 6.45) is 0. The third-order valence-electron chi connectivity index (χ3n) is 4.80. The number of hydrogen-bond acceptors (Lipinski definition) is 4. The van der Waals surface area contributed by atoms with E-state index >= 15 is 0 Å². The Bertz CT molecular complexity index is 914. The van der Waals surface area contributed by atoms with E-state index in [1.807, 2.05) is 0 Å². The van der Waals surface area contributed by atoms with Gasteiger partial charge in [0.05, 0.1) is 32.0 Å². The molecule has 0 bridgehead atoms. The van der Waals surface area contributed by atoms with Crippen molar-refractivity contribution in [2.24, 2.45) is 5.73 Å². The average molecular weight is 403 g/mol. The molecule has 0 unspecified atom stereocenters. The molecule has 2 amide bonds. The van der Waals surface area contributed by atoms with E-state index in [1.165, 1.54) is 29.2 Å². The molecular weight excluding hydrogens is 380 g/mol. The van der Waals surface area contributed by atoms with Crippen molar-refractivity contribution in [1.29, 1.82) is 0 Å². The van der Waals surface area contributed by atoms with Crippen LogP contribution in [0.15, 0.2) is 36.4 Å². The van der Waals surface area contributed by atoms with E-state index in [1.54, 1.807) is 17.9 Å². The fourth-order valence-electron chi connectivity index (χ4n) is 3.15. The molecule has 29 heavy (non-hydrogen) atoms. The highest BCUT2D eigenvalue weighted by Crippen LogP contribution is 2.25.